The van der Waals surface area contributed by atoms with Gasteiger partial charge in [0.05, 0.1) is 15.6 Å². The summed E-state index contributed by atoms with van der Waals surface area (Å²) in [4.78, 5) is 12.1. The molecule has 116 valence electrons. The highest BCUT2D eigenvalue weighted by molar-refractivity contribution is 6.33. The van der Waals surface area contributed by atoms with Crippen molar-refractivity contribution in [3.05, 3.63) is 64.2 Å². The van der Waals surface area contributed by atoms with E-state index in [0.29, 0.717) is 16.3 Å². The fourth-order valence-corrected chi connectivity index (χ4v) is 2.21. The molecule has 0 fully saturated rings. The number of nitrogens with zero attached hydrogens (tertiary/aromatic N) is 2. The van der Waals surface area contributed by atoms with Gasteiger partial charge in [0.1, 0.15) is 5.82 Å². The molecule has 5 nitrogen and oxygen atoms in total. The lowest BCUT2D eigenvalue weighted by Gasteiger charge is -2.03. The second-order valence-corrected chi connectivity index (χ2v) is 5.29. The first-order valence-corrected chi connectivity index (χ1v) is 7.15. The van der Waals surface area contributed by atoms with Crippen molar-refractivity contribution >= 4 is 34.8 Å². The SMILES string of the molecule is O=C(Nc1ccc(F)c(Cl)c1)c1nnc(-c2ccccc2Cl)o1. The summed E-state index contributed by atoms with van der Waals surface area (Å²) in [5.74, 6) is -1.35. The smallest absolute Gasteiger partial charge is 0.313 e. The van der Waals surface area contributed by atoms with Crippen LogP contribution < -0.4 is 5.32 Å². The Balaban J connectivity index is 1.81. The van der Waals surface area contributed by atoms with Crippen molar-refractivity contribution in [3.8, 4) is 11.5 Å². The van der Waals surface area contributed by atoms with Crippen LogP contribution in [0.4, 0.5) is 10.1 Å². The van der Waals surface area contributed by atoms with E-state index in [0.717, 1.165) is 6.07 Å². The van der Waals surface area contributed by atoms with Crippen LogP contribution in [0.15, 0.2) is 46.9 Å². The Morgan fingerprint density at radius 2 is 1.87 bits per heavy atom. The number of hydrogen-bond donors (Lipinski definition) is 1. The van der Waals surface area contributed by atoms with Gasteiger partial charge in [-0.1, -0.05) is 35.3 Å². The van der Waals surface area contributed by atoms with E-state index in [1.54, 1.807) is 24.3 Å². The highest BCUT2D eigenvalue weighted by Gasteiger charge is 2.17. The minimum Gasteiger partial charge on any atom is -0.412 e. The van der Waals surface area contributed by atoms with Crippen LogP contribution in [0.5, 0.6) is 0 Å². The minimum atomic E-state index is -0.640. The van der Waals surface area contributed by atoms with Crippen LogP contribution in [-0.4, -0.2) is 16.1 Å². The molecule has 0 aliphatic heterocycles. The molecule has 0 unspecified atom stereocenters. The number of rotatable bonds is 3. The second kappa shape index (κ2) is 6.36. The predicted octanol–water partition coefficient (Wildman–Crippen LogP) is 4.43. The largest absolute Gasteiger partial charge is 0.412 e. The third-order valence-electron chi connectivity index (χ3n) is 2.90. The van der Waals surface area contributed by atoms with Gasteiger partial charge in [0, 0.05) is 5.69 Å². The number of amides is 1. The van der Waals surface area contributed by atoms with E-state index in [-0.39, 0.29) is 16.8 Å². The number of benzene rings is 2. The molecule has 0 saturated heterocycles. The summed E-state index contributed by atoms with van der Waals surface area (Å²) in [6.07, 6.45) is 0. The van der Waals surface area contributed by atoms with E-state index in [1.165, 1.54) is 12.1 Å². The van der Waals surface area contributed by atoms with E-state index in [1.807, 2.05) is 0 Å². The highest BCUT2D eigenvalue weighted by atomic mass is 35.5. The monoisotopic (exact) mass is 351 g/mol. The molecular weight excluding hydrogens is 344 g/mol. The number of hydrogen-bond acceptors (Lipinski definition) is 4. The number of aromatic nitrogens is 2. The summed E-state index contributed by atoms with van der Waals surface area (Å²) >= 11 is 11.7. The van der Waals surface area contributed by atoms with Crippen molar-refractivity contribution in [1.82, 2.24) is 10.2 Å². The first-order chi connectivity index (χ1) is 11.0. The maximum Gasteiger partial charge on any atom is 0.313 e. The van der Waals surface area contributed by atoms with E-state index >= 15 is 0 Å². The molecule has 3 rings (SSSR count). The van der Waals surface area contributed by atoms with Crippen molar-refractivity contribution in [2.45, 2.75) is 0 Å². The lowest BCUT2D eigenvalue weighted by molar-refractivity contribution is 0.0991. The maximum absolute atomic E-state index is 13.1. The van der Waals surface area contributed by atoms with Crippen LogP contribution in [0.25, 0.3) is 11.5 Å². The Morgan fingerprint density at radius 3 is 2.61 bits per heavy atom. The maximum atomic E-state index is 13.1. The zero-order chi connectivity index (χ0) is 16.4. The number of halogens is 3. The van der Waals surface area contributed by atoms with Gasteiger partial charge < -0.3 is 9.73 Å². The summed E-state index contributed by atoms with van der Waals surface area (Å²) in [7, 11) is 0. The van der Waals surface area contributed by atoms with Gasteiger partial charge in [-0.25, -0.2) is 4.39 Å². The molecule has 1 amide bonds. The van der Waals surface area contributed by atoms with Crippen molar-refractivity contribution in [2.24, 2.45) is 0 Å². The van der Waals surface area contributed by atoms with Gasteiger partial charge in [-0.05, 0) is 30.3 Å². The Morgan fingerprint density at radius 1 is 1.09 bits per heavy atom. The van der Waals surface area contributed by atoms with E-state index < -0.39 is 11.7 Å². The lowest BCUT2D eigenvalue weighted by atomic mass is 10.2. The van der Waals surface area contributed by atoms with E-state index in [4.69, 9.17) is 27.6 Å². The van der Waals surface area contributed by atoms with Gasteiger partial charge in [0.25, 0.3) is 0 Å². The third kappa shape index (κ3) is 3.33. The van der Waals surface area contributed by atoms with Crippen molar-refractivity contribution in [1.29, 1.82) is 0 Å². The highest BCUT2D eigenvalue weighted by Crippen LogP contribution is 2.26. The molecule has 3 aromatic rings. The Hall–Kier alpha value is -2.44. The van der Waals surface area contributed by atoms with Crippen LogP contribution in [0, 0.1) is 5.82 Å². The zero-order valence-corrected chi connectivity index (χ0v) is 12.9. The van der Waals surface area contributed by atoms with Crippen molar-refractivity contribution in [3.63, 3.8) is 0 Å². The van der Waals surface area contributed by atoms with Gasteiger partial charge in [0.15, 0.2) is 0 Å². The van der Waals surface area contributed by atoms with Crippen LogP contribution >= 0.6 is 23.2 Å². The molecule has 0 aliphatic rings. The minimum absolute atomic E-state index is 0.106. The molecule has 1 N–H and O–H groups in total. The number of carbonyl (C=O) groups excluding carboxylic acids is 1. The van der Waals surface area contributed by atoms with Crippen LogP contribution in [0.3, 0.4) is 0 Å². The topological polar surface area (TPSA) is 68.0 Å². The van der Waals surface area contributed by atoms with Crippen LogP contribution in [0.2, 0.25) is 10.0 Å². The van der Waals surface area contributed by atoms with Crippen molar-refractivity contribution in [2.75, 3.05) is 5.32 Å². The molecule has 0 spiro atoms. The summed E-state index contributed by atoms with van der Waals surface area (Å²) in [5.41, 5.74) is 0.824. The van der Waals surface area contributed by atoms with E-state index in [9.17, 15) is 9.18 Å². The number of carbonyl (C=O) groups is 1. The molecule has 0 aliphatic carbocycles. The Kier molecular flexibility index (Phi) is 4.27. The Labute approximate surface area is 140 Å². The summed E-state index contributed by atoms with van der Waals surface area (Å²) in [6.45, 7) is 0. The number of anilines is 1. The Bertz CT molecular complexity index is 883. The molecule has 1 aromatic heterocycles. The average molecular weight is 352 g/mol. The summed E-state index contributed by atoms with van der Waals surface area (Å²) < 4.78 is 18.4. The molecule has 1 heterocycles. The van der Waals surface area contributed by atoms with Crippen LogP contribution in [-0.2, 0) is 0 Å². The lowest BCUT2D eigenvalue weighted by Crippen LogP contribution is -2.12. The number of nitrogens with one attached hydrogen (secondary N) is 1. The standard InChI is InChI=1S/C15H8Cl2FN3O2/c16-10-4-2-1-3-9(10)14-20-21-15(23-14)13(22)19-8-5-6-12(18)11(17)7-8/h1-7H,(H,19,22). The average Bonchev–Trinajstić information content (AvgIpc) is 3.01. The van der Waals surface area contributed by atoms with Gasteiger partial charge in [-0.2, -0.15) is 0 Å². The molecule has 23 heavy (non-hydrogen) atoms. The molecule has 0 atom stereocenters. The fraction of sp³-hybridized carbons (Fsp3) is 0. The van der Waals surface area contributed by atoms with Gasteiger partial charge >= 0.3 is 11.8 Å². The first-order valence-electron chi connectivity index (χ1n) is 6.39. The van der Waals surface area contributed by atoms with Crippen molar-refractivity contribution < 1.29 is 13.6 Å². The van der Waals surface area contributed by atoms with Crippen LogP contribution in [0.1, 0.15) is 10.7 Å². The molecule has 0 bridgehead atoms. The van der Waals surface area contributed by atoms with Gasteiger partial charge in [-0.15, -0.1) is 10.2 Å². The zero-order valence-electron chi connectivity index (χ0n) is 11.4. The summed E-state index contributed by atoms with van der Waals surface area (Å²) in [6, 6.07) is 10.7. The van der Waals surface area contributed by atoms with Gasteiger partial charge in [0.2, 0.25) is 5.89 Å². The van der Waals surface area contributed by atoms with Gasteiger partial charge in [-0.3, -0.25) is 4.79 Å². The summed E-state index contributed by atoms with van der Waals surface area (Å²) in [5, 5.41) is 10.3. The molecule has 0 saturated carbocycles. The predicted molar refractivity (Wildman–Crippen MR) is 84.1 cm³/mol. The molecule has 0 radical (unpaired) electrons. The third-order valence-corrected chi connectivity index (χ3v) is 3.52. The second-order valence-electron chi connectivity index (χ2n) is 4.48. The molecule has 8 heteroatoms. The first kappa shape index (κ1) is 15.5. The normalized spacial score (nSPS) is 10.6. The van der Waals surface area contributed by atoms with E-state index in [2.05, 4.69) is 15.5 Å². The fourth-order valence-electron chi connectivity index (χ4n) is 1.82. The molecular formula is C15H8Cl2FN3O2. The molecule has 2 aromatic carbocycles. The quantitative estimate of drug-likeness (QED) is 0.757.